The van der Waals surface area contributed by atoms with E-state index in [-0.39, 0.29) is 0 Å². The summed E-state index contributed by atoms with van der Waals surface area (Å²) >= 11 is 0. The molecule has 0 radical (unpaired) electrons. The lowest BCUT2D eigenvalue weighted by atomic mass is 9.83. The van der Waals surface area contributed by atoms with Crippen LogP contribution in [0.3, 0.4) is 0 Å². The molecule has 38 heavy (non-hydrogen) atoms. The van der Waals surface area contributed by atoms with Crippen molar-refractivity contribution >= 4 is 0 Å². The van der Waals surface area contributed by atoms with Crippen LogP contribution < -0.4 is 11.5 Å². The SMILES string of the molecule is CCCCCCCCCCCCCCCCC(CC)C(N)(N)CCCCCCCCCCCCCCCC. The molecule has 1 unspecified atom stereocenters. The van der Waals surface area contributed by atoms with Crippen LogP contribution in [0, 0.1) is 5.92 Å². The molecule has 0 bridgehead atoms. The summed E-state index contributed by atoms with van der Waals surface area (Å²) in [6.07, 6.45) is 42.9. The lowest BCUT2D eigenvalue weighted by Gasteiger charge is -2.34. The van der Waals surface area contributed by atoms with Gasteiger partial charge in [0.25, 0.3) is 0 Å². The van der Waals surface area contributed by atoms with Crippen molar-refractivity contribution in [3.05, 3.63) is 0 Å². The van der Waals surface area contributed by atoms with Crippen molar-refractivity contribution in [2.75, 3.05) is 0 Å². The van der Waals surface area contributed by atoms with E-state index in [1.807, 2.05) is 0 Å². The second kappa shape index (κ2) is 29.9. The van der Waals surface area contributed by atoms with Crippen molar-refractivity contribution in [2.24, 2.45) is 17.4 Å². The maximum atomic E-state index is 6.65. The van der Waals surface area contributed by atoms with Crippen molar-refractivity contribution in [3.8, 4) is 0 Å². The second-order valence-corrected chi connectivity index (χ2v) is 12.9. The summed E-state index contributed by atoms with van der Waals surface area (Å²) in [4.78, 5) is 0. The standard InChI is InChI=1S/C36H76N2/c1-4-7-9-11-13-15-17-19-21-23-25-27-29-31-33-35(6-3)36(37,38)34-32-30-28-26-24-22-20-18-16-14-12-10-8-5-2/h35H,4-34,37-38H2,1-3H3. The monoisotopic (exact) mass is 537 g/mol. The van der Waals surface area contributed by atoms with E-state index >= 15 is 0 Å². The molecule has 0 spiro atoms. The molecule has 0 saturated carbocycles. The Morgan fingerprint density at radius 3 is 0.921 bits per heavy atom. The fraction of sp³-hybridized carbons (Fsp3) is 1.00. The first-order valence-electron chi connectivity index (χ1n) is 18.2. The second-order valence-electron chi connectivity index (χ2n) is 12.9. The van der Waals surface area contributed by atoms with Gasteiger partial charge >= 0.3 is 0 Å². The summed E-state index contributed by atoms with van der Waals surface area (Å²) in [5, 5.41) is 0. The number of nitrogens with two attached hydrogens (primary N) is 2. The number of rotatable bonds is 32. The molecule has 0 rings (SSSR count). The van der Waals surface area contributed by atoms with Crippen molar-refractivity contribution < 1.29 is 0 Å². The van der Waals surface area contributed by atoms with Gasteiger partial charge in [0, 0.05) is 0 Å². The molecule has 0 aliphatic heterocycles. The van der Waals surface area contributed by atoms with Crippen LogP contribution >= 0.6 is 0 Å². The minimum Gasteiger partial charge on any atom is -0.313 e. The van der Waals surface area contributed by atoms with Gasteiger partial charge in [-0.15, -0.1) is 0 Å². The van der Waals surface area contributed by atoms with Crippen LogP contribution in [0.5, 0.6) is 0 Å². The Morgan fingerprint density at radius 2 is 0.632 bits per heavy atom. The summed E-state index contributed by atoms with van der Waals surface area (Å²) in [6, 6.07) is 0. The Morgan fingerprint density at radius 1 is 0.368 bits per heavy atom. The average molecular weight is 537 g/mol. The summed E-state index contributed by atoms with van der Waals surface area (Å²) in [5.41, 5.74) is 12.8. The highest BCUT2D eigenvalue weighted by molar-refractivity contribution is 4.84. The third kappa shape index (κ3) is 26.2. The minimum absolute atomic E-state index is 0.456. The summed E-state index contributed by atoms with van der Waals surface area (Å²) < 4.78 is 0. The van der Waals surface area contributed by atoms with E-state index in [1.54, 1.807) is 0 Å². The Kier molecular flexibility index (Phi) is 29.8. The van der Waals surface area contributed by atoms with Gasteiger partial charge < -0.3 is 11.5 Å². The van der Waals surface area contributed by atoms with Crippen molar-refractivity contribution in [3.63, 3.8) is 0 Å². The van der Waals surface area contributed by atoms with E-state index in [1.165, 1.54) is 186 Å². The van der Waals surface area contributed by atoms with Crippen LogP contribution in [0.2, 0.25) is 0 Å². The topological polar surface area (TPSA) is 52.0 Å². The molecule has 2 nitrogen and oxygen atoms in total. The first kappa shape index (κ1) is 37.9. The molecule has 2 heteroatoms. The molecular weight excluding hydrogens is 460 g/mol. The van der Waals surface area contributed by atoms with Gasteiger partial charge in [0.15, 0.2) is 0 Å². The van der Waals surface area contributed by atoms with Gasteiger partial charge in [-0.25, -0.2) is 0 Å². The third-order valence-corrected chi connectivity index (χ3v) is 9.12. The zero-order chi connectivity index (χ0) is 28.0. The van der Waals surface area contributed by atoms with Crippen LogP contribution in [0.15, 0.2) is 0 Å². The van der Waals surface area contributed by atoms with E-state index in [2.05, 4.69) is 20.8 Å². The lowest BCUT2D eigenvalue weighted by molar-refractivity contribution is 0.225. The Bertz CT molecular complexity index is 433. The number of unbranched alkanes of at least 4 members (excludes halogenated alkanes) is 26. The van der Waals surface area contributed by atoms with Gasteiger partial charge in [-0.3, -0.25) is 0 Å². The predicted octanol–water partition coefficient (Wildman–Crippen LogP) is 12.4. The zero-order valence-electron chi connectivity index (χ0n) is 27.2. The number of hydrogen-bond donors (Lipinski definition) is 2. The molecular formula is C36H76N2. The smallest absolute Gasteiger partial charge is 0.0665 e. The summed E-state index contributed by atoms with van der Waals surface area (Å²) in [7, 11) is 0. The highest BCUT2D eigenvalue weighted by atomic mass is 15.0. The van der Waals surface area contributed by atoms with Crippen LogP contribution in [0.4, 0.5) is 0 Å². The van der Waals surface area contributed by atoms with Crippen molar-refractivity contribution in [1.82, 2.24) is 0 Å². The maximum Gasteiger partial charge on any atom is 0.0665 e. The van der Waals surface area contributed by atoms with Crippen molar-refractivity contribution in [1.29, 1.82) is 0 Å². The molecule has 0 aliphatic rings. The van der Waals surface area contributed by atoms with Crippen LogP contribution in [0.25, 0.3) is 0 Å². The Labute approximate surface area is 242 Å². The predicted molar refractivity (Wildman–Crippen MR) is 175 cm³/mol. The lowest BCUT2D eigenvalue weighted by Crippen LogP contribution is -2.55. The van der Waals surface area contributed by atoms with Gasteiger partial charge in [-0.1, -0.05) is 207 Å². The third-order valence-electron chi connectivity index (χ3n) is 9.12. The first-order chi connectivity index (χ1) is 18.6. The largest absolute Gasteiger partial charge is 0.313 e. The minimum atomic E-state index is -0.456. The molecule has 0 heterocycles. The molecule has 4 N–H and O–H groups in total. The molecule has 0 aromatic rings. The van der Waals surface area contributed by atoms with Gasteiger partial charge in [0.2, 0.25) is 0 Å². The molecule has 1 atom stereocenters. The highest BCUT2D eigenvalue weighted by Gasteiger charge is 2.28. The van der Waals surface area contributed by atoms with Crippen molar-refractivity contribution in [2.45, 2.75) is 225 Å². The Balaban J connectivity index is 3.55. The summed E-state index contributed by atoms with van der Waals surface area (Å²) in [6.45, 7) is 6.88. The molecule has 0 saturated heterocycles. The quantitative estimate of drug-likeness (QED) is 0.0663. The van der Waals surface area contributed by atoms with Crippen LogP contribution in [0.1, 0.15) is 220 Å². The van der Waals surface area contributed by atoms with Gasteiger partial charge in [0.05, 0.1) is 5.66 Å². The van der Waals surface area contributed by atoms with Gasteiger partial charge in [-0.05, 0) is 18.8 Å². The van der Waals surface area contributed by atoms with Crippen LogP contribution in [-0.4, -0.2) is 5.66 Å². The molecule has 0 aliphatic carbocycles. The Hall–Kier alpha value is -0.0800. The molecule has 0 amide bonds. The number of hydrogen-bond acceptors (Lipinski definition) is 2. The van der Waals surface area contributed by atoms with E-state index in [0.29, 0.717) is 5.92 Å². The average Bonchev–Trinajstić information content (AvgIpc) is 2.91. The first-order valence-corrected chi connectivity index (χ1v) is 18.2. The highest BCUT2D eigenvalue weighted by Crippen LogP contribution is 2.26. The summed E-state index contributed by atoms with van der Waals surface area (Å²) in [5.74, 6) is 0.488. The zero-order valence-corrected chi connectivity index (χ0v) is 27.2. The molecule has 230 valence electrons. The van der Waals surface area contributed by atoms with Gasteiger partial charge in [-0.2, -0.15) is 0 Å². The fourth-order valence-electron chi connectivity index (χ4n) is 6.27. The van der Waals surface area contributed by atoms with E-state index in [9.17, 15) is 0 Å². The maximum absolute atomic E-state index is 6.65. The van der Waals surface area contributed by atoms with Crippen LogP contribution in [-0.2, 0) is 0 Å². The molecule has 0 fully saturated rings. The van der Waals surface area contributed by atoms with E-state index in [4.69, 9.17) is 11.5 Å². The normalized spacial score (nSPS) is 12.9. The van der Waals surface area contributed by atoms with E-state index in [0.717, 1.165) is 12.8 Å². The van der Waals surface area contributed by atoms with E-state index < -0.39 is 5.66 Å². The fourth-order valence-corrected chi connectivity index (χ4v) is 6.27. The molecule has 0 aromatic heterocycles. The molecule has 0 aromatic carbocycles. The van der Waals surface area contributed by atoms with Gasteiger partial charge in [0.1, 0.15) is 0 Å².